The van der Waals surface area contributed by atoms with Crippen LogP contribution in [0.25, 0.3) is 6.08 Å². The van der Waals surface area contributed by atoms with Crippen LogP contribution in [-0.4, -0.2) is 42.2 Å². The number of nitrogens with zero attached hydrogens (tertiary/aromatic N) is 1. The molecular weight excluding hydrogens is 290 g/mol. The van der Waals surface area contributed by atoms with Crippen molar-refractivity contribution in [3.8, 4) is 5.75 Å². The van der Waals surface area contributed by atoms with Crippen LogP contribution in [0.4, 0.5) is 0 Å². The molecule has 21 heavy (non-hydrogen) atoms. The van der Waals surface area contributed by atoms with Gasteiger partial charge in [0.05, 0.1) is 11.6 Å². The summed E-state index contributed by atoms with van der Waals surface area (Å²) in [5.74, 6) is -0.378. The SMILES string of the molecule is O=C(O)/C=C/c1c(Cl)cccc1OCCCN1CCCC1. The summed E-state index contributed by atoms with van der Waals surface area (Å²) in [5.41, 5.74) is 0.614. The molecular formula is C16H20ClNO3. The largest absolute Gasteiger partial charge is 0.493 e. The zero-order valence-corrected chi connectivity index (χ0v) is 12.7. The minimum absolute atomic E-state index is 0.490. The second kappa shape index (κ2) is 8.05. The summed E-state index contributed by atoms with van der Waals surface area (Å²) in [6, 6.07) is 5.33. The maximum absolute atomic E-state index is 10.6. The molecule has 5 heteroatoms. The van der Waals surface area contributed by atoms with Gasteiger partial charge in [-0.2, -0.15) is 0 Å². The third-order valence-electron chi connectivity index (χ3n) is 3.48. The fourth-order valence-electron chi connectivity index (χ4n) is 2.44. The molecule has 1 aromatic rings. The van der Waals surface area contributed by atoms with E-state index < -0.39 is 5.97 Å². The highest BCUT2D eigenvalue weighted by Crippen LogP contribution is 2.28. The number of hydrogen-bond acceptors (Lipinski definition) is 3. The van der Waals surface area contributed by atoms with E-state index >= 15 is 0 Å². The Balaban J connectivity index is 1.89. The molecule has 1 heterocycles. The molecule has 0 saturated carbocycles. The Morgan fingerprint density at radius 2 is 2.14 bits per heavy atom. The fourth-order valence-corrected chi connectivity index (χ4v) is 2.66. The molecule has 1 N–H and O–H groups in total. The van der Waals surface area contributed by atoms with Gasteiger partial charge in [0.25, 0.3) is 0 Å². The Hall–Kier alpha value is -1.52. The van der Waals surface area contributed by atoms with Crippen LogP contribution in [0, 0.1) is 0 Å². The minimum atomic E-state index is -1.00. The summed E-state index contributed by atoms with van der Waals surface area (Å²) in [6.45, 7) is 4.01. The Morgan fingerprint density at radius 3 is 2.86 bits per heavy atom. The second-order valence-electron chi connectivity index (χ2n) is 5.07. The van der Waals surface area contributed by atoms with Crippen molar-refractivity contribution >= 4 is 23.6 Å². The average Bonchev–Trinajstić information content (AvgIpc) is 2.95. The molecule has 114 valence electrons. The van der Waals surface area contributed by atoms with Gasteiger partial charge in [0.1, 0.15) is 5.75 Å². The van der Waals surface area contributed by atoms with E-state index in [4.69, 9.17) is 21.4 Å². The van der Waals surface area contributed by atoms with Crippen LogP contribution in [-0.2, 0) is 4.79 Å². The molecule has 0 bridgehead atoms. The van der Waals surface area contributed by atoms with Crippen LogP contribution in [0.3, 0.4) is 0 Å². The zero-order valence-electron chi connectivity index (χ0n) is 11.9. The molecule has 1 saturated heterocycles. The number of hydrogen-bond donors (Lipinski definition) is 1. The van der Waals surface area contributed by atoms with Crippen molar-refractivity contribution in [3.63, 3.8) is 0 Å². The van der Waals surface area contributed by atoms with Crippen LogP contribution in [0.2, 0.25) is 5.02 Å². The molecule has 0 amide bonds. The van der Waals surface area contributed by atoms with Crippen molar-refractivity contribution in [1.29, 1.82) is 0 Å². The third-order valence-corrected chi connectivity index (χ3v) is 3.81. The highest BCUT2D eigenvalue weighted by molar-refractivity contribution is 6.32. The lowest BCUT2D eigenvalue weighted by Crippen LogP contribution is -2.21. The lowest BCUT2D eigenvalue weighted by molar-refractivity contribution is -0.131. The van der Waals surface area contributed by atoms with Crippen molar-refractivity contribution in [2.24, 2.45) is 0 Å². The molecule has 1 fully saturated rings. The zero-order chi connectivity index (χ0) is 15.1. The number of aliphatic carboxylic acids is 1. The molecule has 0 aliphatic carbocycles. The van der Waals surface area contributed by atoms with E-state index in [9.17, 15) is 4.79 Å². The molecule has 0 spiro atoms. The Labute approximate surface area is 130 Å². The van der Waals surface area contributed by atoms with Gasteiger partial charge in [0, 0.05) is 18.2 Å². The molecule has 1 aliphatic heterocycles. The highest BCUT2D eigenvalue weighted by atomic mass is 35.5. The minimum Gasteiger partial charge on any atom is -0.493 e. The molecule has 4 nitrogen and oxygen atoms in total. The molecule has 1 aliphatic rings. The normalized spacial score (nSPS) is 15.7. The summed E-state index contributed by atoms with van der Waals surface area (Å²) in [5, 5.41) is 9.21. The predicted molar refractivity (Wildman–Crippen MR) is 83.9 cm³/mol. The van der Waals surface area contributed by atoms with Gasteiger partial charge in [-0.15, -0.1) is 0 Å². The van der Waals surface area contributed by atoms with Crippen LogP contribution in [0.5, 0.6) is 5.75 Å². The predicted octanol–water partition coefficient (Wildman–Crippen LogP) is 3.30. The van der Waals surface area contributed by atoms with Crippen molar-refractivity contribution in [1.82, 2.24) is 4.90 Å². The van der Waals surface area contributed by atoms with E-state index in [1.165, 1.54) is 32.0 Å². The molecule has 0 unspecified atom stereocenters. The van der Waals surface area contributed by atoms with Crippen molar-refractivity contribution in [2.45, 2.75) is 19.3 Å². The number of carboxylic acids is 1. The van der Waals surface area contributed by atoms with Crippen LogP contribution in [0.1, 0.15) is 24.8 Å². The number of carboxylic acid groups (broad SMARTS) is 1. The van der Waals surface area contributed by atoms with Crippen LogP contribution >= 0.6 is 11.6 Å². The Kier molecular flexibility index (Phi) is 6.08. The topological polar surface area (TPSA) is 49.8 Å². The van der Waals surface area contributed by atoms with E-state index in [0.717, 1.165) is 19.0 Å². The first-order valence-corrected chi connectivity index (χ1v) is 7.59. The summed E-state index contributed by atoms with van der Waals surface area (Å²) < 4.78 is 5.75. The van der Waals surface area contributed by atoms with Gasteiger partial charge in [0.2, 0.25) is 0 Å². The van der Waals surface area contributed by atoms with Gasteiger partial charge in [-0.25, -0.2) is 4.79 Å². The maximum Gasteiger partial charge on any atom is 0.328 e. The van der Waals surface area contributed by atoms with Crippen molar-refractivity contribution < 1.29 is 14.6 Å². The summed E-state index contributed by atoms with van der Waals surface area (Å²) in [7, 11) is 0. The number of ether oxygens (including phenoxy) is 1. The highest BCUT2D eigenvalue weighted by Gasteiger charge is 2.11. The van der Waals surface area contributed by atoms with Gasteiger partial charge in [-0.3, -0.25) is 0 Å². The maximum atomic E-state index is 10.6. The Bertz CT molecular complexity index is 510. The number of benzene rings is 1. The first-order valence-electron chi connectivity index (χ1n) is 7.21. The smallest absolute Gasteiger partial charge is 0.328 e. The monoisotopic (exact) mass is 309 g/mol. The van der Waals surface area contributed by atoms with E-state index in [1.54, 1.807) is 12.1 Å². The van der Waals surface area contributed by atoms with Gasteiger partial charge in [-0.1, -0.05) is 17.7 Å². The van der Waals surface area contributed by atoms with Crippen molar-refractivity contribution in [2.75, 3.05) is 26.2 Å². The molecule has 1 aromatic carbocycles. The fraction of sp³-hybridized carbons (Fsp3) is 0.438. The molecule has 0 radical (unpaired) electrons. The van der Waals surface area contributed by atoms with Gasteiger partial charge in [-0.05, 0) is 50.6 Å². The lowest BCUT2D eigenvalue weighted by atomic mass is 10.2. The first kappa shape index (κ1) is 15.9. The number of halogens is 1. The summed E-state index contributed by atoms with van der Waals surface area (Å²) in [4.78, 5) is 13.1. The standard InChI is InChI=1S/C16H20ClNO3/c17-14-5-3-6-15(13(14)7-8-16(19)20)21-12-4-11-18-9-1-2-10-18/h3,5-8H,1-2,4,9-12H2,(H,19,20)/b8-7+. The summed E-state index contributed by atoms with van der Waals surface area (Å²) >= 11 is 6.10. The first-order chi connectivity index (χ1) is 10.2. The van der Waals surface area contributed by atoms with E-state index in [1.807, 2.05) is 6.07 Å². The second-order valence-corrected chi connectivity index (χ2v) is 5.48. The van der Waals surface area contributed by atoms with E-state index in [2.05, 4.69) is 4.90 Å². The average molecular weight is 310 g/mol. The number of carbonyl (C=O) groups is 1. The van der Waals surface area contributed by atoms with E-state index in [0.29, 0.717) is 22.9 Å². The van der Waals surface area contributed by atoms with E-state index in [-0.39, 0.29) is 0 Å². The number of likely N-dealkylation sites (tertiary alicyclic amines) is 1. The van der Waals surface area contributed by atoms with Crippen LogP contribution < -0.4 is 4.74 Å². The molecule has 2 rings (SSSR count). The quantitative estimate of drug-likeness (QED) is 0.620. The van der Waals surface area contributed by atoms with Crippen LogP contribution in [0.15, 0.2) is 24.3 Å². The number of rotatable bonds is 7. The molecule has 0 aromatic heterocycles. The third kappa shape index (κ3) is 5.06. The molecule has 0 atom stereocenters. The lowest BCUT2D eigenvalue weighted by Gasteiger charge is -2.15. The van der Waals surface area contributed by atoms with Crippen molar-refractivity contribution in [3.05, 3.63) is 34.9 Å². The van der Waals surface area contributed by atoms with Gasteiger partial charge in [0.15, 0.2) is 0 Å². The Morgan fingerprint density at radius 1 is 1.38 bits per heavy atom. The van der Waals surface area contributed by atoms with Gasteiger partial charge < -0.3 is 14.7 Å². The summed E-state index contributed by atoms with van der Waals surface area (Å²) in [6.07, 6.45) is 6.08. The van der Waals surface area contributed by atoms with Gasteiger partial charge >= 0.3 is 5.97 Å².